The number of carbonyl (C=O) groups excluding carboxylic acids is 2. The van der Waals surface area contributed by atoms with Gasteiger partial charge in [-0.2, -0.15) is 4.98 Å². The zero-order chi connectivity index (χ0) is 24.0. The molecule has 1 atom stereocenters. The topological polar surface area (TPSA) is 103 Å². The maximum absolute atomic E-state index is 12.5. The number of rotatable bonds is 7. The third kappa shape index (κ3) is 6.95. The second kappa shape index (κ2) is 10.7. The average molecular weight is 477 g/mol. The van der Waals surface area contributed by atoms with Crippen LogP contribution < -0.4 is 10.1 Å². The van der Waals surface area contributed by atoms with Gasteiger partial charge < -0.3 is 24.4 Å². The predicted molar refractivity (Wildman–Crippen MR) is 124 cm³/mol. The largest absolute Gasteiger partial charge is 0.462 e. The number of carbonyl (C=O) groups is 2. The second-order valence-corrected chi connectivity index (χ2v) is 8.89. The van der Waals surface area contributed by atoms with Gasteiger partial charge in [0.25, 0.3) is 0 Å². The highest BCUT2D eigenvalue weighted by atomic mass is 35.5. The Morgan fingerprint density at radius 3 is 2.64 bits per heavy atom. The molecule has 0 aliphatic carbocycles. The number of nitrogens with zero attached hydrogens (tertiary/aromatic N) is 3. The Labute approximate surface area is 198 Å². The quantitative estimate of drug-likeness (QED) is 0.444. The first-order valence-electron chi connectivity index (χ1n) is 10.9. The lowest BCUT2D eigenvalue weighted by Gasteiger charge is -2.29. The van der Waals surface area contributed by atoms with Crippen molar-refractivity contribution in [2.24, 2.45) is 0 Å². The number of likely N-dealkylation sites (tertiary alicyclic amines) is 1. The van der Waals surface area contributed by atoms with Crippen LogP contribution in [-0.2, 0) is 9.47 Å². The first-order chi connectivity index (χ1) is 15.7. The first kappa shape index (κ1) is 24.6. The van der Waals surface area contributed by atoms with Gasteiger partial charge in [-0.15, -0.1) is 0 Å². The third-order valence-electron chi connectivity index (χ3n) is 4.84. The molecule has 1 aromatic carbocycles. The first-order valence-corrected chi connectivity index (χ1v) is 11.2. The van der Waals surface area contributed by atoms with E-state index in [1.54, 1.807) is 36.1 Å². The number of amides is 1. The Morgan fingerprint density at radius 2 is 1.97 bits per heavy atom. The van der Waals surface area contributed by atoms with Crippen LogP contribution in [0.3, 0.4) is 0 Å². The van der Waals surface area contributed by atoms with E-state index in [0.717, 1.165) is 12.8 Å². The van der Waals surface area contributed by atoms with Crippen molar-refractivity contribution in [2.45, 2.75) is 52.2 Å². The van der Waals surface area contributed by atoms with Gasteiger partial charge in [0, 0.05) is 13.1 Å². The molecule has 0 bridgehead atoms. The molecule has 10 heteroatoms. The van der Waals surface area contributed by atoms with E-state index in [2.05, 4.69) is 15.3 Å². The Hall–Kier alpha value is -3.07. The van der Waals surface area contributed by atoms with Crippen molar-refractivity contribution in [3.8, 4) is 11.6 Å². The van der Waals surface area contributed by atoms with E-state index in [9.17, 15) is 9.59 Å². The number of hydrogen-bond acceptors (Lipinski definition) is 8. The van der Waals surface area contributed by atoms with Crippen molar-refractivity contribution >= 4 is 29.4 Å². The number of ether oxygens (including phenoxy) is 3. The van der Waals surface area contributed by atoms with E-state index >= 15 is 0 Å². The van der Waals surface area contributed by atoms with Crippen LogP contribution in [0.2, 0.25) is 5.28 Å². The number of anilines is 1. The van der Waals surface area contributed by atoms with Crippen molar-refractivity contribution in [2.75, 3.05) is 25.0 Å². The van der Waals surface area contributed by atoms with Gasteiger partial charge in [-0.3, -0.25) is 0 Å². The summed E-state index contributed by atoms with van der Waals surface area (Å²) in [6.45, 7) is 8.72. The number of aromatic nitrogens is 2. The summed E-state index contributed by atoms with van der Waals surface area (Å²) < 4.78 is 16.4. The molecule has 0 spiro atoms. The molecule has 1 aliphatic rings. The van der Waals surface area contributed by atoms with Crippen molar-refractivity contribution in [3.63, 3.8) is 0 Å². The zero-order valence-electron chi connectivity index (χ0n) is 19.3. The average Bonchev–Trinajstić information content (AvgIpc) is 3.21. The molecule has 178 valence electrons. The minimum Gasteiger partial charge on any atom is -0.462 e. The Bertz CT molecular complexity index is 978. The highest BCUT2D eigenvalue weighted by Crippen LogP contribution is 2.29. The molecule has 1 amide bonds. The molecule has 1 aliphatic heterocycles. The van der Waals surface area contributed by atoms with E-state index in [4.69, 9.17) is 25.8 Å². The molecule has 1 aromatic heterocycles. The van der Waals surface area contributed by atoms with E-state index in [-0.39, 0.29) is 23.3 Å². The molecule has 33 heavy (non-hydrogen) atoms. The molecule has 9 nitrogen and oxygen atoms in total. The van der Waals surface area contributed by atoms with E-state index < -0.39 is 11.6 Å². The molecule has 1 saturated heterocycles. The fourth-order valence-electron chi connectivity index (χ4n) is 3.37. The summed E-state index contributed by atoms with van der Waals surface area (Å²) in [7, 11) is 0. The summed E-state index contributed by atoms with van der Waals surface area (Å²) >= 11 is 5.98. The van der Waals surface area contributed by atoms with Gasteiger partial charge in [-0.25, -0.2) is 14.6 Å². The van der Waals surface area contributed by atoms with Crippen molar-refractivity contribution in [1.82, 2.24) is 14.9 Å². The van der Waals surface area contributed by atoms with Gasteiger partial charge in [0.1, 0.15) is 17.0 Å². The van der Waals surface area contributed by atoms with Crippen LogP contribution in [0.5, 0.6) is 11.6 Å². The van der Waals surface area contributed by atoms with Crippen molar-refractivity contribution in [1.29, 1.82) is 0 Å². The van der Waals surface area contributed by atoms with E-state index in [0.29, 0.717) is 36.7 Å². The fraction of sp³-hybridized carbons (Fsp3) is 0.478. The van der Waals surface area contributed by atoms with Gasteiger partial charge >= 0.3 is 12.1 Å². The number of hydrogen-bond donors (Lipinski definition) is 1. The second-order valence-electron chi connectivity index (χ2n) is 8.56. The molecular formula is C23H29ClN4O5. The predicted octanol–water partition coefficient (Wildman–Crippen LogP) is 4.91. The normalized spacial score (nSPS) is 15.8. The summed E-state index contributed by atoms with van der Waals surface area (Å²) in [6.07, 6.45) is 2.97. The Morgan fingerprint density at radius 1 is 1.24 bits per heavy atom. The number of benzene rings is 1. The lowest BCUT2D eigenvalue weighted by atomic mass is 10.2. The summed E-state index contributed by atoms with van der Waals surface area (Å²) in [5.74, 6) is 0.306. The Kier molecular flexibility index (Phi) is 7.97. The summed E-state index contributed by atoms with van der Waals surface area (Å²) in [5.41, 5.74) is 0.405. The highest BCUT2D eigenvalue weighted by Gasteiger charge is 2.32. The number of halogens is 1. The molecule has 2 aromatic rings. The summed E-state index contributed by atoms with van der Waals surface area (Å²) in [6, 6.07) is 6.48. The van der Waals surface area contributed by atoms with Crippen LogP contribution >= 0.6 is 11.6 Å². The van der Waals surface area contributed by atoms with E-state index in [1.165, 1.54) is 6.20 Å². The standard InChI is InChI=1S/C23H29ClN4O5/c1-5-31-20(29)15-8-10-17(11-9-15)32-19-18(14-26-21(24)27-19)25-13-16-7-6-12-28(16)22(30)33-23(2,3)4/h8-11,14,16,25H,5-7,12-13H2,1-4H3. The number of esters is 1. The molecular weight excluding hydrogens is 448 g/mol. The fourth-order valence-corrected chi connectivity index (χ4v) is 3.49. The minimum atomic E-state index is -0.550. The third-order valence-corrected chi connectivity index (χ3v) is 5.02. The van der Waals surface area contributed by atoms with Crippen LogP contribution in [0.25, 0.3) is 0 Å². The lowest BCUT2D eigenvalue weighted by Crippen LogP contribution is -2.42. The van der Waals surface area contributed by atoms with Gasteiger partial charge in [0.05, 0.1) is 24.4 Å². The lowest BCUT2D eigenvalue weighted by molar-refractivity contribution is 0.0234. The van der Waals surface area contributed by atoms with Gasteiger partial charge in [0.2, 0.25) is 11.2 Å². The Balaban J connectivity index is 1.67. The molecule has 0 radical (unpaired) electrons. The zero-order valence-corrected chi connectivity index (χ0v) is 20.0. The molecule has 1 N–H and O–H groups in total. The molecule has 0 saturated carbocycles. The maximum Gasteiger partial charge on any atom is 0.410 e. The van der Waals surface area contributed by atoms with Crippen LogP contribution in [0.4, 0.5) is 10.5 Å². The SMILES string of the molecule is CCOC(=O)c1ccc(Oc2nc(Cl)ncc2NCC2CCCN2C(=O)OC(C)(C)C)cc1. The van der Waals surface area contributed by atoms with E-state index in [1.807, 2.05) is 20.8 Å². The molecule has 1 unspecified atom stereocenters. The minimum absolute atomic E-state index is 0.0350. The molecule has 2 heterocycles. The van der Waals surface area contributed by atoms with Crippen molar-refractivity contribution in [3.05, 3.63) is 41.3 Å². The summed E-state index contributed by atoms with van der Waals surface area (Å²) in [5, 5.41) is 3.30. The summed E-state index contributed by atoms with van der Waals surface area (Å²) in [4.78, 5) is 34.3. The van der Waals surface area contributed by atoms with Gasteiger partial charge in [0.15, 0.2) is 0 Å². The van der Waals surface area contributed by atoms with Crippen LogP contribution in [0.1, 0.15) is 50.9 Å². The van der Waals surface area contributed by atoms with Gasteiger partial charge in [-0.1, -0.05) is 0 Å². The van der Waals surface area contributed by atoms with Gasteiger partial charge in [-0.05, 0) is 76.4 Å². The van der Waals surface area contributed by atoms with Crippen LogP contribution in [0.15, 0.2) is 30.5 Å². The van der Waals surface area contributed by atoms with Crippen molar-refractivity contribution < 1.29 is 23.8 Å². The molecule has 3 rings (SSSR count). The smallest absolute Gasteiger partial charge is 0.410 e. The number of nitrogens with one attached hydrogen (secondary N) is 1. The van der Waals surface area contributed by atoms with Crippen LogP contribution in [0, 0.1) is 0 Å². The highest BCUT2D eigenvalue weighted by molar-refractivity contribution is 6.28. The monoisotopic (exact) mass is 476 g/mol. The van der Waals surface area contributed by atoms with Crippen LogP contribution in [-0.4, -0.2) is 58.3 Å². The molecule has 1 fully saturated rings. The maximum atomic E-state index is 12.5.